The summed E-state index contributed by atoms with van der Waals surface area (Å²) in [6, 6.07) is 5.90. The molecule has 26 heavy (non-hydrogen) atoms. The van der Waals surface area contributed by atoms with E-state index in [1.54, 1.807) is 0 Å². The Morgan fingerprint density at radius 2 is 2.04 bits per heavy atom. The lowest BCUT2D eigenvalue weighted by atomic mass is 9.56. The van der Waals surface area contributed by atoms with Crippen LogP contribution >= 0.6 is 0 Å². The van der Waals surface area contributed by atoms with Crippen LogP contribution in [0.1, 0.15) is 62.5 Å². The Kier molecular flexibility index (Phi) is 4.96. The van der Waals surface area contributed by atoms with E-state index in [9.17, 15) is 15.0 Å². The van der Waals surface area contributed by atoms with E-state index in [0.29, 0.717) is 41.9 Å². The lowest BCUT2D eigenvalue weighted by Crippen LogP contribution is -2.41. The predicted octanol–water partition coefficient (Wildman–Crippen LogP) is 3.79. The Morgan fingerprint density at radius 1 is 1.19 bits per heavy atom. The summed E-state index contributed by atoms with van der Waals surface area (Å²) in [6.45, 7) is 1.95. The molecule has 3 aliphatic carbocycles. The molecule has 0 aliphatic heterocycles. The van der Waals surface area contributed by atoms with Crippen molar-refractivity contribution in [2.24, 2.45) is 23.7 Å². The molecule has 1 aromatic rings. The van der Waals surface area contributed by atoms with Gasteiger partial charge in [0.1, 0.15) is 5.75 Å². The second-order valence-corrected chi connectivity index (χ2v) is 8.56. The zero-order chi connectivity index (χ0) is 18.3. The van der Waals surface area contributed by atoms with E-state index in [1.165, 1.54) is 18.1 Å². The molecule has 6 atom stereocenters. The minimum Gasteiger partial charge on any atom is -0.508 e. The highest BCUT2D eigenvalue weighted by atomic mass is 16.5. The van der Waals surface area contributed by atoms with Crippen LogP contribution in [0.5, 0.6) is 5.75 Å². The minimum atomic E-state index is -0.212. The summed E-state index contributed by atoms with van der Waals surface area (Å²) in [6.07, 6.45) is 7.15. The van der Waals surface area contributed by atoms with Gasteiger partial charge < -0.3 is 14.9 Å². The lowest BCUT2D eigenvalue weighted by molar-refractivity contribution is -0.141. The molecule has 4 nitrogen and oxygen atoms in total. The molecule has 2 N–H and O–H groups in total. The van der Waals surface area contributed by atoms with Gasteiger partial charge in [0.2, 0.25) is 0 Å². The Bertz CT molecular complexity index is 670. The van der Waals surface area contributed by atoms with Gasteiger partial charge in [-0.2, -0.15) is 0 Å². The van der Waals surface area contributed by atoms with Crippen LogP contribution in [0.25, 0.3) is 0 Å². The van der Waals surface area contributed by atoms with Crippen molar-refractivity contribution in [2.45, 2.75) is 63.9 Å². The molecule has 2 fully saturated rings. The number of aliphatic hydroxyl groups is 1. The largest absolute Gasteiger partial charge is 0.508 e. The maximum Gasteiger partial charge on any atom is 0.302 e. The van der Waals surface area contributed by atoms with Crippen molar-refractivity contribution >= 4 is 5.97 Å². The predicted molar refractivity (Wildman–Crippen MR) is 98.9 cm³/mol. The zero-order valence-electron chi connectivity index (χ0n) is 15.6. The Morgan fingerprint density at radius 3 is 2.85 bits per heavy atom. The maximum absolute atomic E-state index is 11.0. The number of fused-ring (bicyclic) bond motifs is 5. The maximum atomic E-state index is 11.0. The molecule has 0 radical (unpaired) electrons. The van der Waals surface area contributed by atoms with Crippen LogP contribution < -0.4 is 0 Å². The van der Waals surface area contributed by atoms with E-state index in [0.717, 1.165) is 44.9 Å². The van der Waals surface area contributed by atoms with Gasteiger partial charge in [0, 0.05) is 6.92 Å². The monoisotopic (exact) mass is 358 g/mol. The van der Waals surface area contributed by atoms with Crippen molar-refractivity contribution < 1.29 is 19.7 Å². The first-order chi connectivity index (χ1) is 12.5. The standard InChI is InChI=1S/C22H30O4/c1-13(23)26-10-2-3-15-12-20-18(8-9-21(20)25)19-6-4-14-11-16(24)5-7-17(14)22(15)19/h5,7,11,15,18-22,24-25H,2-4,6,8-10,12H2,1H3/t15-,18?,19?,20?,21-,22?/m0/s1. The number of rotatable bonds is 4. The van der Waals surface area contributed by atoms with E-state index < -0.39 is 0 Å². The van der Waals surface area contributed by atoms with Crippen molar-refractivity contribution in [3.05, 3.63) is 29.3 Å². The number of esters is 1. The molecule has 0 amide bonds. The lowest BCUT2D eigenvalue weighted by Gasteiger charge is -2.49. The van der Waals surface area contributed by atoms with Gasteiger partial charge in [0.05, 0.1) is 12.7 Å². The van der Waals surface area contributed by atoms with Crippen LogP contribution in [0.2, 0.25) is 0 Å². The smallest absolute Gasteiger partial charge is 0.302 e. The summed E-state index contributed by atoms with van der Waals surface area (Å²) in [5.74, 6) is 2.91. The second-order valence-electron chi connectivity index (χ2n) is 8.56. The highest BCUT2D eigenvalue weighted by Gasteiger charge is 2.50. The molecule has 3 aliphatic rings. The molecule has 0 spiro atoms. The van der Waals surface area contributed by atoms with Crippen molar-refractivity contribution in [3.8, 4) is 5.75 Å². The molecule has 2 saturated carbocycles. The Hall–Kier alpha value is -1.55. The topological polar surface area (TPSA) is 66.8 Å². The number of benzene rings is 1. The molecule has 4 heteroatoms. The first-order valence-corrected chi connectivity index (χ1v) is 10.2. The van der Waals surface area contributed by atoms with Gasteiger partial charge in [-0.3, -0.25) is 4.79 Å². The zero-order valence-corrected chi connectivity index (χ0v) is 15.6. The van der Waals surface area contributed by atoms with Gasteiger partial charge in [0.25, 0.3) is 0 Å². The number of carbonyl (C=O) groups is 1. The Labute approximate surface area is 155 Å². The van der Waals surface area contributed by atoms with Crippen molar-refractivity contribution in [2.75, 3.05) is 6.61 Å². The number of phenols is 1. The number of phenolic OH excluding ortho intramolecular Hbond substituents is 1. The van der Waals surface area contributed by atoms with Crippen molar-refractivity contribution in [1.82, 2.24) is 0 Å². The number of aryl methyl sites for hydroxylation is 1. The van der Waals surface area contributed by atoms with Crippen LogP contribution in [0.4, 0.5) is 0 Å². The first-order valence-electron chi connectivity index (χ1n) is 10.2. The highest BCUT2D eigenvalue weighted by molar-refractivity contribution is 5.65. The van der Waals surface area contributed by atoms with Crippen LogP contribution in [-0.2, 0) is 16.0 Å². The summed E-state index contributed by atoms with van der Waals surface area (Å²) in [5, 5.41) is 20.4. The summed E-state index contributed by atoms with van der Waals surface area (Å²) in [5.41, 5.74) is 2.71. The third-order valence-electron chi connectivity index (χ3n) is 7.19. The third-order valence-corrected chi connectivity index (χ3v) is 7.19. The van der Waals surface area contributed by atoms with E-state index in [4.69, 9.17) is 4.74 Å². The molecule has 4 rings (SSSR count). The van der Waals surface area contributed by atoms with Gasteiger partial charge in [-0.05, 0) is 97.8 Å². The number of ether oxygens (including phenoxy) is 1. The van der Waals surface area contributed by atoms with Gasteiger partial charge in [0.15, 0.2) is 0 Å². The number of aliphatic hydroxyl groups excluding tert-OH is 1. The van der Waals surface area contributed by atoms with E-state index in [2.05, 4.69) is 6.07 Å². The fourth-order valence-corrected chi connectivity index (χ4v) is 6.25. The van der Waals surface area contributed by atoms with Crippen molar-refractivity contribution in [3.63, 3.8) is 0 Å². The number of aromatic hydroxyl groups is 1. The highest BCUT2D eigenvalue weighted by Crippen LogP contribution is 2.58. The first kappa shape index (κ1) is 17.8. The van der Waals surface area contributed by atoms with Gasteiger partial charge in [-0.1, -0.05) is 6.07 Å². The van der Waals surface area contributed by atoms with Crippen LogP contribution in [0.15, 0.2) is 18.2 Å². The molecule has 0 aromatic heterocycles. The van der Waals surface area contributed by atoms with E-state index in [1.807, 2.05) is 12.1 Å². The van der Waals surface area contributed by atoms with Gasteiger partial charge >= 0.3 is 5.97 Å². The molecular formula is C22H30O4. The minimum absolute atomic E-state index is 0.141. The molecule has 142 valence electrons. The van der Waals surface area contributed by atoms with Crippen LogP contribution in [0.3, 0.4) is 0 Å². The van der Waals surface area contributed by atoms with Crippen molar-refractivity contribution in [1.29, 1.82) is 0 Å². The average molecular weight is 358 g/mol. The quantitative estimate of drug-likeness (QED) is 0.635. The molecule has 4 unspecified atom stereocenters. The molecule has 0 bridgehead atoms. The van der Waals surface area contributed by atoms with E-state index >= 15 is 0 Å². The van der Waals surface area contributed by atoms with Gasteiger partial charge in [-0.15, -0.1) is 0 Å². The number of carbonyl (C=O) groups excluding carboxylic acids is 1. The summed E-state index contributed by atoms with van der Waals surface area (Å²) in [4.78, 5) is 11.0. The molecule has 0 saturated heterocycles. The normalized spacial score (nSPS) is 35.3. The fraction of sp³-hybridized carbons (Fsp3) is 0.682. The summed E-state index contributed by atoms with van der Waals surface area (Å²) in [7, 11) is 0. The van der Waals surface area contributed by atoms with E-state index in [-0.39, 0.29) is 12.1 Å². The summed E-state index contributed by atoms with van der Waals surface area (Å²) < 4.78 is 5.14. The Balaban J connectivity index is 1.58. The average Bonchev–Trinajstić information content (AvgIpc) is 2.98. The fourth-order valence-electron chi connectivity index (χ4n) is 6.25. The molecule has 1 aromatic carbocycles. The van der Waals surface area contributed by atoms with Crippen LogP contribution in [0, 0.1) is 23.7 Å². The second kappa shape index (κ2) is 7.22. The molecule has 0 heterocycles. The number of hydrogen-bond donors (Lipinski definition) is 2. The van der Waals surface area contributed by atoms with Crippen LogP contribution in [-0.4, -0.2) is 28.9 Å². The summed E-state index contributed by atoms with van der Waals surface area (Å²) >= 11 is 0. The van der Waals surface area contributed by atoms with Gasteiger partial charge in [-0.25, -0.2) is 0 Å². The third kappa shape index (κ3) is 3.24. The molecular weight excluding hydrogens is 328 g/mol. The number of hydrogen-bond acceptors (Lipinski definition) is 4. The SMILES string of the molecule is CC(=O)OCCC[C@H]1CC2C(CC[C@@H]2O)C2CCc3cc(O)ccc3C21.